The Balaban J connectivity index is 1.71. The maximum absolute atomic E-state index is 14.0. The normalized spacial score (nSPS) is 26.4. The van der Waals surface area contributed by atoms with Crippen LogP contribution in [-0.2, 0) is 0 Å². The number of halogens is 1. The number of hydrogen-bond acceptors (Lipinski definition) is 3. The van der Waals surface area contributed by atoms with Crippen molar-refractivity contribution in [2.24, 2.45) is 0 Å². The van der Waals surface area contributed by atoms with Gasteiger partial charge in [-0.15, -0.1) is 0 Å². The molecular formula is C17H23FN2O2. The summed E-state index contributed by atoms with van der Waals surface area (Å²) >= 11 is 0. The molecule has 0 aromatic heterocycles. The van der Waals surface area contributed by atoms with Crippen LogP contribution < -0.4 is 0 Å². The van der Waals surface area contributed by atoms with Gasteiger partial charge in [0.05, 0.1) is 17.7 Å². The summed E-state index contributed by atoms with van der Waals surface area (Å²) in [5.41, 5.74) is 0.888. The molecule has 3 rings (SSSR count). The van der Waals surface area contributed by atoms with E-state index in [0.717, 1.165) is 31.5 Å². The predicted molar refractivity (Wildman–Crippen MR) is 82.3 cm³/mol. The molecule has 4 nitrogen and oxygen atoms in total. The molecule has 2 aliphatic heterocycles. The van der Waals surface area contributed by atoms with Crippen LogP contribution in [0.1, 0.15) is 35.2 Å². The fraction of sp³-hybridized carbons (Fsp3) is 0.588. The Morgan fingerprint density at radius 2 is 1.95 bits per heavy atom. The lowest BCUT2D eigenvalue weighted by molar-refractivity contribution is 0.0702. The fourth-order valence-corrected chi connectivity index (χ4v) is 3.51. The van der Waals surface area contributed by atoms with Crippen LogP contribution in [0.2, 0.25) is 0 Å². The van der Waals surface area contributed by atoms with Gasteiger partial charge in [0.15, 0.2) is 0 Å². The summed E-state index contributed by atoms with van der Waals surface area (Å²) in [7, 11) is 0. The summed E-state index contributed by atoms with van der Waals surface area (Å²) in [4.78, 5) is 16.4. The van der Waals surface area contributed by atoms with Gasteiger partial charge in [0.25, 0.3) is 5.91 Å². The number of aliphatic hydroxyl groups is 1. The largest absolute Gasteiger partial charge is 0.390 e. The molecule has 2 atom stereocenters. The maximum atomic E-state index is 14.0. The van der Waals surface area contributed by atoms with Gasteiger partial charge in [0.2, 0.25) is 0 Å². The number of hydrogen-bond donors (Lipinski definition) is 1. The topological polar surface area (TPSA) is 43.8 Å². The van der Waals surface area contributed by atoms with Crippen molar-refractivity contribution in [1.29, 1.82) is 0 Å². The van der Waals surface area contributed by atoms with Crippen LogP contribution in [0.15, 0.2) is 18.2 Å². The SMILES string of the molecule is Cc1ccc(C(=O)N2C[C@H](O)[C@@H](N3CCCCC3)C2)c(F)c1. The van der Waals surface area contributed by atoms with Crippen LogP contribution in [0.4, 0.5) is 4.39 Å². The van der Waals surface area contributed by atoms with E-state index in [4.69, 9.17) is 0 Å². The van der Waals surface area contributed by atoms with Crippen molar-refractivity contribution in [2.45, 2.75) is 38.3 Å². The van der Waals surface area contributed by atoms with Gasteiger partial charge in [0, 0.05) is 13.1 Å². The molecule has 2 saturated heterocycles. The van der Waals surface area contributed by atoms with E-state index in [1.807, 2.05) is 0 Å². The van der Waals surface area contributed by atoms with E-state index in [9.17, 15) is 14.3 Å². The Hall–Kier alpha value is -1.46. The summed E-state index contributed by atoms with van der Waals surface area (Å²) < 4.78 is 14.0. The number of piperidine rings is 1. The minimum absolute atomic E-state index is 0.0160. The smallest absolute Gasteiger partial charge is 0.256 e. The van der Waals surface area contributed by atoms with Gasteiger partial charge in [-0.2, -0.15) is 0 Å². The monoisotopic (exact) mass is 306 g/mol. The van der Waals surface area contributed by atoms with Crippen LogP contribution in [0.25, 0.3) is 0 Å². The van der Waals surface area contributed by atoms with Gasteiger partial charge in [-0.1, -0.05) is 12.5 Å². The molecule has 1 aromatic rings. The van der Waals surface area contributed by atoms with E-state index in [-0.39, 0.29) is 24.1 Å². The van der Waals surface area contributed by atoms with Gasteiger partial charge in [-0.3, -0.25) is 9.69 Å². The number of β-amino-alcohol motifs (C(OH)–C–C–N with tert-alkyl or cyclic N) is 1. The second kappa shape index (κ2) is 6.34. The van der Waals surface area contributed by atoms with Crippen molar-refractivity contribution < 1.29 is 14.3 Å². The molecule has 22 heavy (non-hydrogen) atoms. The number of benzene rings is 1. The van der Waals surface area contributed by atoms with Crippen molar-refractivity contribution in [3.63, 3.8) is 0 Å². The molecule has 0 unspecified atom stereocenters. The predicted octanol–water partition coefficient (Wildman–Crippen LogP) is 1.81. The first-order valence-electron chi connectivity index (χ1n) is 8.04. The van der Waals surface area contributed by atoms with Crippen molar-refractivity contribution in [3.8, 4) is 0 Å². The number of carbonyl (C=O) groups is 1. The van der Waals surface area contributed by atoms with Crippen LogP contribution in [-0.4, -0.2) is 59.1 Å². The van der Waals surface area contributed by atoms with E-state index in [0.29, 0.717) is 6.54 Å². The second-order valence-electron chi connectivity index (χ2n) is 6.42. The molecular weight excluding hydrogens is 283 g/mol. The quantitative estimate of drug-likeness (QED) is 0.906. The number of rotatable bonds is 2. The summed E-state index contributed by atoms with van der Waals surface area (Å²) in [6, 6.07) is 4.64. The molecule has 0 saturated carbocycles. The Labute approximate surface area is 130 Å². The standard InChI is InChI=1S/C17H23FN2O2/c1-12-5-6-13(14(18)9-12)17(22)20-10-15(16(21)11-20)19-7-3-2-4-8-19/h5-6,9,15-16,21H,2-4,7-8,10-11H2,1H3/t15-,16-/m0/s1. The van der Waals surface area contributed by atoms with E-state index >= 15 is 0 Å². The molecule has 2 fully saturated rings. The van der Waals surface area contributed by atoms with E-state index < -0.39 is 11.9 Å². The molecule has 1 aromatic carbocycles. The minimum Gasteiger partial charge on any atom is -0.390 e. The zero-order chi connectivity index (χ0) is 15.7. The van der Waals surface area contributed by atoms with Crippen LogP contribution in [0.5, 0.6) is 0 Å². The molecule has 120 valence electrons. The second-order valence-corrected chi connectivity index (χ2v) is 6.42. The van der Waals surface area contributed by atoms with Crippen molar-refractivity contribution in [3.05, 3.63) is 35.1 Å². The first kappa shape index (κ1) is 15.4. The number of nitrogens with zero attached hydrogens (tertiary/aromatic N) is 2. The summed E-state index contributed by atoms with van der Waals surface area (Å²) in [6.07, 6.45) is 2.97. The van der Waals surface area contributed by atoms with E-state index in [2.05, 4.69) is 4.90 Å². The highest BCUT2D eigenvalue weighted by atomic mass is 19.1. The Morgan fingerprint density at radius 1 is 1.23 bits per heavy atom. The van der Waals surface area contributed by atoms with Crippen molar-refractivity contribution in [2.75, 3.05) is 26.2 Å². The third kappa shape index (κ3) is 3.01. The average molecular weight is 306 g/mol. The number of likely N-dealkylation sites (tertiary alicyclic amines) is 2. The third-order valence-electron chi connectivity index (χ3n) is 4.76. The highest BCUT2D eigenvalue weighted by Gasteiger charge is 2.38. The first-order chi connectivity index (χ1) is 10.6. The van der Waals surface area contributed by atoms with E-state index in [1.54, 1.807) is 17.9 Å². The summed E-state index contributed by atoms with van der Waals surface area (Å²) in [6.45, 7) is 4.51. The van der Waals surface area contributed by atoms with Gasteiger partial charge in [-0.05, 0) is 50.6 Å². The van der Waals surface area contributed by atoms with Crippen LogP contribution in [0, 0.1) is 12.7 Å². The zero-order valence-corrected chi connectivity index (χ0v) is 13.0. The summed E-state index contributed by atoms with van der Waals surface area (Å²) in [5.74, 6) is -0.808. The molecule has 1 N–H and O–H groups in total. The molecule has 1 amide bonds. The highest BCUT2D eigenvalue weighted by Crippen LogP contribution is 2.23. The molecule has 2 aliphatic rings. The number of amides is 1. The molecule has 0 spiro atoms. The van der Waals surface area contributed by atoms with Crippen LogP contribution >= 0.6 is 0 Å². The minimum atomic E-state index is -0.546. The van der Waals surface area contributed by atoms with E-state index in [1.165, 1.54) is 18.6 Å². The Kier molecular flexibility index (Phi) is 4.45. The lowest BCUT2D eigenvalue weighted by atomic mass is 10.1. The van der Waals surface area contributed by atoms with Crippen LogP contribution in [0.3, 0.4) is 0 Å². The maximum Gasteiger partial charge on any atom is 0.256 e. The molecule has 0 radical (unpaired) electrons. The van der Waals surface area contributed by atoms with Gasteiger partial charge in [0.1, 0.15) is 5.82 Å². The third-order valence-corrected chi connectivity index (χ3v) is 4.76. The fourth-order valence-electron chi connectivity index (χ4n) is 3.51. The number of carbonyl (C=O) groups excluding carboxylic acids is 1. The molecule has 0 bridgehead atoms. The zero-order valence-electron chi connectivity index (χ0n) is 13.0. The highest BCUT2D eigenvalue weighted by molar-refractivity contribution is 5.94. The van der Waals surface area contributed by atoms with Crippen molar-refractivity contribution >= 4 is 5.91 Å². The lowest BCUT2D eigenvalue weighted by Gasteiger charge is -2.33. The van der Waals surface area contributed by atoms with Gasteiger partial charge in [-0.25, -0.2) is 4.39 Å². The number of aryl methyl sites for hydroxylation is 1. The van der Waals surface area contributed by atoms with Gasteiger partial charge < -0.3 is 10.0 Å². The Morgan fingerprint density at radius 3 is 2.64 bits per heavy atom. The van der Waals surface area contributed by atoms with Gasteiger partial charge >= 0.3 is 0 Å². The first-order valence-corrected chi connectivity index (χ1v) is 8.04. The molecule has 2 heterocycles. The molecule has 5 heteroatoms. The Bertz CT molecular complexity index is 558. The summed E-state index contributed by atoms with van der Waals surface area (Å²) in [5, 5.41) is 10.3. The molecule has 0 aliphatic carbocycles. The average Bonchev–Trinajstić information content (AvgIpc) is 2.89. The lowest BCUT2D eigenvalue weighted by Crippen LogP contribution is -2.46. The number of aliphatic hydroxyl groups excluding tert-OH is 1. The van der Waals surface area contributed by atoms with Crippen molar-refractivity contribution in [1.82, 2.24) is 9.80 Å².